The van der Waals surface area contributed by atoms with Crippen molar-refractivity contribution in [3.63, 3.8) is 0 Å². The Hall–Kier alpha value is -2.92. The Morgan fingerprint density at radius 3 is 2.52 bits per heavy atom. The van der Waals surface area contributed by atoms with E-state index in [1.54, 1.807) is 0 Å². The van der Waals surface area contributed by atoms with Crippen LogP contribution in [0.5, 0.6) is 0 Å². The first-order valence-electron chi connectivity index (χ1n) is 8.02. The second-order valence-corrected chi connectivity index (χ2v) is 6.93. The number of hydrogen-bond donors (Lipinski definition) is 1. The van der Waals surface area contributed by atoms with Gasteiger partial charge in [0.25, 0.3) is 5.91 Å². The number of benzene rings is 2. The average molecular weight is 347 g/mol. The van der Waals surface area contributed by atoms with Crippen molar-refractivity contribution in [3.05, 3.63) is 76.9 Å². The van der Waals surface area contributed by atoms with Crippen LogP contribution >= 0.6 is 11.3 Å². The summed E-state index contributed by atoms with van der Waals surface area (Å²) in [6, 6.07) is 16.0. The number of anilines is 1. The third kappa shape index (κ3) is 3.06. The van der Waals surface area contributed by atoms with Crippen LogP contribution < -0.4 is 5.32 Å². The zero-order chi connectivity index (χ0) is 17.4. The van der Waals surface area contributed by atoms with E-state index >= 15 is 0 Å². The third-order valence-electron chi connectivity index (χ3n) is 3.99. The van der Waals surface area contributed by atoms with Gasteiger partial charge in [-0.3, -0.25) is 9.20 Å². The summed E-state index contributed by atoms with van der Waals surface area (Å²) in [5, 5.41) is 4.83. The van der Waals surface area contributed by atoms with Gasteiger partial charge in [-0.15, -0.1) is 11.3 Å². The largest absolute Gasteiger partial charge is 0.321 e. The first-order valence-corrected chi connectivity index (χ1v) is 8.90. The van der Waals surface area contributed by atoms with Crippen molar-refractivity contribution in [3.8, 4) is 11.3 Å². The number of thiazole rings is 1. The minimum Gasteiger partial charge on any atom is -0.321 e. The predicted octanol–water partition coefficient (Wildman–Crippen LogP) is 4.93. The van der Waals surface area contributed by atoms with Crippen molar-refractivity contribution in [1.82, 2.24) is 9.38 Å². The number of carbonyl (C=O) groups excluding carboxylic acids is 1. The summed E-state index contributed by atoms with van der Waals surface area (Å²) in [6.07, 6.45) is 1.91. The molecule has 2 aromatic heterocycles. The Morgan fingerprint density at radius 1 is 1.08 bits per heavy atom. The number of nitrogens with one attached hydrogen (secondary N) is 1. The quantitative estimate of drug-likeness (QED) is 0.571. The number of imidazole rings is 1. The van der Waals surface area contributed by atoms with Crippen molar-refractivity contribution in [2.24, 2.45) is 0 Å². The van der Waals surface area contributed by atoms with Gasteiger partial charge in [-0.1, -0.05) is 36.4 Å². The Balaban J connectivity index is 1.67. The van der Waals surface area contributed by atoms with Gasteiger partial charge in [0, 0.05) is 22.8 Å². The van der Waals surface area contributed by atoms with E-state index in [4.69, 9.17) is 0 Å². The van der Waals surface area contributed by atoms with Gasteiger partial charge in [0.15, 0.2) is 4.96 Å². The number of carbonyl (C=O) groups is 1. The highest BCUT2D eigenvalue weighted by atomic mass is 32.1. The highest BCUT2D eigenvalue weighted by molar-refractivity contribution is 7.15. The molecule has 0 aliphatic carbocycles. The minimum absolute atomic E-state index is 0.131. The second-order valence-electron chi connectivity index (χ2n) is 6.10. The number of rotatable bonds is 3. The number of fused-ring (bicyclic) bond motifs is 1. The molecule has 124 valence electrons. The zero-order valence-electron chi connectivity index (χ0n) is 14.0. The van der Waals surface area contributed by atoms with Crippen molar-refractivity contribution in [2.45, 2.75) is 13.8 Å². The lowest BCUT2D eigenvalue weighted by atomic mass is 10.1. The molecule has 0 aliphatic rings. The van der Waals surface area contributed by atoms with Crippen LogP contribution in [0.1, 0.15) is 21.6 Å². The summed E-state index contributed by atoms with van der Waals surface area (Å²) < 4.78 is 1.85. The van der Waals surface area contributed by atoms with Crippen molar-refractivity contribution in [1.29, 1.82) is 0 Å². The summed E-state index contributed by atoms with van der Waals surface area (Å²) in [5.41, 5.74) is 5.56. The Labute approximate surface area is 149 Å². The molecular weight excluding hydrogens is 330 g/mol. The lowest BCUT2D eigenvalue weighted by Crippen LogP contribution is -2.14. The molecule has 0 spiro atoms. The molecule has 2 heterocycles. The molecule has 0 fully saturated rings. The standard InChI is InChI=1S/C20H17N3OS/c1-13-8-14(2)10-16(9-13)21-19(24)18-12-25-20-22-17(11-23(18)20)15-6-4-3-5-7-15/h3-12H,1-2H3,(H,21,24). The van der Waals surface area contributed by atoms with Crippen LogP contribution in [0.2, 0.25) is 0 Å². The lowest BCUT2D eigenvalue weighted by molar-refractivity contribution is 0.102. The Kier molecular flexibility index (Phi) is 3.86. The first kappa shape index (κ1) is 15.6. The highest BCUT2D eigenvalue weighted by Crippen LogP contribution is 2.24. The summed E-state index contributed by atoms with van der Waals surface area (Å²) in [6.45, 7) is 4.04. The number of aromatic nitrogens is 2. The monoisotopic (exact) mass is 347 g/mol. The van der Waals surface area contributed by atoms with Crippen LogP contribution in [0, 0.1) is 13.8 Å². The van der Waals surface area contributed by atoms with Crippen LogP contribution in [0.15, 0.2) is 60.1 Å². The van der Waals surface area contributed by atoms with Gasteiger partial charge in [0.1, 0.15) is 5.69 Å². The van der Waals surface area contributed by atoms with E-state index in [0.717, 1.165) is 33.0 Å². The maximum Gasteiger partial charge on any atom is 0.273 e. The summed E-state index contributed by atoms with van der Waals surface area (Å²) in [5.74, 6) is -0.131. The molecule has 1 amide bonds. The normalized spacial score (nSPS) is 11.0. The second kappa shape index (κ2) is 6.18. The molecule has 0 saturated carbocycles. The van der Waals surface area contributed by atoms with E-state index in [2.05, 4.69) is 16.4 Å². The minimum atomic E-state index is -0.131. The molecule has 25 heavy (non-hydrogen) atoms. The van der Waals surface area contributed by atoms with Crippen LogP contribution in [0.3, 0.4) is 0 Å². The summed E-state index contributed by atoms with van der Waals surface area (Å²) in [7, 11) is 0. The van der Waals surface area contributed by atoms with Crippen molar-refractivity contribution >= 4 is 27.9 Å². The summed E-state index contributed by atoms with van der Waals surface area (Å²) >= 11 is 1.47. The Morgan fingerprint density at radius 2 is 1.80 bits per heavy atom. The topological polar surface area (TPSA) is 46.4 Å². The first-order chi connectivity index (χ1) is 12.1. The smallest absolute Gasteiger partial charge is 0.273 e. The fraction of sp³-hybridized carbons (Fsp3) is 0.100. The zero-order valence-corrected chi connectivity index (χ0v) is 14.8. The van der Waals surface area contributed by atoms with Crippen LogP contribution in [-0.2, 0) is 0 Å². The maximum absolute atomic E-state index is 12.7. The van der Waals surface area contributed by atoms with E-state index in [0.29, 0.717) is 5.69 Å². The molecule has 0 saturated heterocycles. The lowest BCUT2D eigenvalue weighted by Gasteiger charge is -2.07. The molecule has 0 bridgehead atoms. The van der Waals surface area contributed by atoms with Crippen molar-refractivity contribution in [2.75, 3.05) is 5.32 Å². The van der Waals surface area contributed by atoms with Gasteiger partial charge in [0.2, 0.25) is 0 Å². The molecular formula is C20H17N3OS. The molecule has 0 atom stereocenters. The van der Waals surface area contributed by atoms with Gasteiger partial charge in [-0.25, -0.2) is 4.98 Å². The molecule has 4 rings (SSSR count). The number of hydrogen-bond acceptors (Lipinski definition) is 3. The molecule has 4 aromatic rings. The molecule has 2 aromatic carbocycles. The molecule has 0 radical (unpaired) electrons. The van der Waals surface area contributed by atoms with E-state index in [9.17, 15) is 4.79 Å². The average Bonchev–Trinajstić information content (AvgIpc) is 3.14. The maximum atomic E-state index is 12.7. The van der Waals surface area contributed by atoms with Crippen LogP contribution in [0.4, 0.5) is 5.69 Å². The molecule has 1 N–H and O–H groups in total. The van der Waals surface area contributed by atoms with Gasteiger partial charge in [-0.05, 0) is 37.1 Å². The Bertz CT molecular complexity index is 1040. The highest BCUT2D eigenvalue weighted by Gasteiger charge is 2.15. The van der Waals surface area contributed by atoms with Gasteiger partial charge in [0.05, 0.1) is 5.69 Å². The number of aryl methyl sites for hydroxylation is 2. The predicted molar refractivity (Wildman–Crippen MR) is 102 cm³/mol. The van der Waals surface area contributed by atoms with Crippen LogP contribution in [-0.4, -0.2) is 15.3 Å². The van der Waals surface area contributed by atoms with E-state index < -0.39 is 0 Å². The molecule has 4 nitrogen and oxygen atoms in total. The fourth-order valence-corrected chi connectivity index (χ4v) is 3.79. The third-order valence-corrected chi connectivity index (χ3v) is 4.83. The molecule has 0 unspecified atom stereocenters. The number of amides is 1. The van der Waals surface area contributed by atoms with Gasteiger partial charge < -0.3 is 5.32 Å². The SMILES string of the molecule is Cc1cc(C)cc(NC(=O)c2csc3nc(-c4ccccc4)cn23)c1. The van der Waals surface area contributed by atoms with Crippen molar-refractivity contribution < 1.29 is 4.79 Å². The number of nitrogens with zero attached hydrogens (tertiary/aromatic N) is 2. The van der Waals surface area contributed by atoms with E-state index in [-0.39, 0.29) is 5.91 Å². The van der Waals surface area contributed by atoms with E-state index in [1.807, 2.05) is 72.3 Å². The molecule has 0 aliphatic heterocycles. The van der Waals surface area contributed by atoms with Gasteiger partial charge in [-0.2, -0.15) is 0 Å². The van der Waals surface area contributed by atoms with Gasteiger partial charge >= 0.3 is 0 Å². The fourth-order valence-electron chi connectivity index (χ4n) is 2.94. The molecule has 5 heteroatoms. The van der Waals surface area contributed by atoms with E-state index in [1.165, 1.54) is 11.3 Å². The summed E-state index contributed by atoms with van der Waals surface area (Å²) in [4.78, 5) is 18.1. The van der Waals surface area contributed by atoms with Crippen LogP contribution in [0.25, 0.3) is 16.2 Å².